The molecule has 0 aliphatic heterocycles. The van der Waals surface area contributed by atoms with Gasteiger partial charge in [0.2, 0.25) is 5.95 Å². The Kier molecular flexibility index (Phi) is 3.70. The zero-order chi connectivity index (χ0) is 13.1. The Morgan fingerprint density at radius 3 is 2.39 bits per heavy atom. The van der Waals surface area contributed by atoms with E-state index in [1.54, 1.807) is 0 Å². The third-order valence-electron chi connectivity index (χ3n) is 3.05. The Morgan fingerprint density at radius 2 is 1.78 bits per heavy atom. The summed E-state index contributed by atoms with van der Waals surface area (Å²) >= 11 is 0. The number of aryl methyl sites for hydroxylation is 1. The summed E-state index contributed by atoms with van der Waals surface area (Å²) in [5.41, 5.74) is 2.32. The van der Waals surface area contributed by atoms with Crippen molar-refractivity contribution < 1.29 is 0 Å². The standard InChI is InChI=1S/C15H21N3/c1-11(2)18-10-12(3)16-15(18)17-13(4)14-8-6-5-7-9-14/h5-11,13H,1-4H3,(H,16,17). The molecule has 0 saturated carbocycles. The number of nitrogens with zero attached hydrogens (tertiary/aromatic N) is 2. The van der Waals surface area contributed by atoms with Crippen LogP contribution in [0, 0.1) is 6.92 Å². The van der Waals surface area contributed by atoms with Gasteiger partial charge < -0.3 is 9.88 Å². The van der Waals surface area contributed by atoms with Crippen LogP contribution in [-0.4, -0.2) is 9.55 Å². The minimum Gasteiger partial charge on any atom is -0.349 e. The van der Waals surface area contributed by atoms with Crippen LogP contribution in [0.2, 0.25) is 0 Å². The maximum Gasteiger partial charge on any atom is 0.203 e. The summed E-state index contributed by atoms with van der Waals surface area (Å²) in [5.74, 6) is 0.943. The Hall–Kier alpha value is -1.77. The quantitative estimate of drug-likeness (QED) is 0.881. The minimum atomic E-state index is 0.255. The van der Waals surface area contributed by atoms with Crippen molar-refractivity contribution in [3.05, 3.63) is 47.8 Å². The van der Waals surface area contributed by atoms with Crippen molar-refractivity contribution in [2.75, 3.05) is 5.32 Å². The minimum absolute atomic E-state index is 0.255. The molecule has 3 heteroatoms. The van der Waals surface area contributed by atoms with Gasteiger partial charge in [-0.15, -0.1) is 0 Å². The van der Waals surface area contributed by atoms with Crippen molar-refractivity contribution in [3.63, 3.8) is 0 Å². The monoisotopic (exact) mass is 243 g/mol. The molecule has 96 valence electrons. The lowest BCUT2D eigenvalue weighted by molar-refractivity contribution is 0.600. The van der Waals surface area contributed by atoms with Crippen LogP contribution in [0.4, 0.5) is 5.95 Å². The first-order valence-corrected chi connectivity index (χ1v) is 6.45. The Labute approximate surface area is 109 Å². The molecule has 1 N–H and O–H groups in total. The molecule has 0 saturated heterocycles. The number of benzene rings is 1. The number of hydrogen-bond donors (Lipinski definition) is 1. The Morgan fingerprint density at radius 1 is 1.11 bits per heavy atom. The topological polar surface area (TPSA) is 29.9 Å². The van der Waals surface area contributed by atoms with E-state index < -0.39 is 0 Å². The number of imidazole rings is 1. The van der Waals surface area contributed by atoms with Crippen LogP contribution < -0.4 is 5.32 Å². The molecule has 3 nitrogen and oxygen atoms in total. The zero-order valence-electron chi connectivity index (χ0n) is 11.5. The first kappa shape index (κ1) is 12.7. The smallest absolute Gasteiger partial charge is 0.203 e. The van der Waals surface area contributed by atoms with Gasteiger partial charge in [0.1, 0.15) is 0 Å². The molecule has 1 heterocycles. The number of hydrogen-bond acceptors (Lipinski definition) is 2. The summed E-state index contributed by atoms with van der Waals surface area (Å²) < 4.78 is 2.18. The molecule has 1 atom stereocenters. The van der Waals surface area contributed by atoms with Gasteiger partial charge in [0.15, 0.2) is 0 Å². The van der Waals surface area contributed by atoms with Gasteiger partial charge in [-0.25, -0.2) is 4.98 Å². The molecule has 0 aliphatic rings. The highest BCUT2D eigenvalue weighted by molar-refractivity contribution is 5.34. The summed E-state index contributed by atoms with van der Waals surface area (Å²) in [4.78, 5) is 4.55. The van der Waals surface area contributed by atoms with Crippen molar-refractivity contribution >= 4 is 5.95 Å². The maximum atomic E-state index is 4.55. The molecule has 0 amide bonds. The Bertz CT molecular complexity index is 500. The summed E-state index contributed by atoms with van der Waals surface area (Å²) in [6.45, 7) is 8.51. The number of rotatable bonds is 4. The summed E-state index contributed by atoms with van der Waals surface area (Å²) in [6, 6.07) is 11.1. The summed E-state index contributed by atoms with van der Waals surface area (Å²) in [6.07, 6.45) is 2.09. The van der Waals surface area contributed by atoms with Gasteiger partial charge in [-0.05, 0) is 33.3 Å². The molecule has 2 rings (SSSR count). The van der Waals surface area contributed by atoms with Crippen molar-refractivity contribution in [2.24, 2.45) is 0 Å². The van der Waals surface area contributed by atoms with Gasteiger partial charge in [-0.2, -0.15) is 0 Å². The second kappa shape index (κ2) is 5.25. The first-order chi connectivity index (χ1) is 8.58. The van der Waals surface area contributed by atoms with Crippen LogP contribution in [0.25, 0.3) is 0 Å². The van der Waals surface area contributed by atoms with E-state index in [0.717, 1.165) is 11.6 Å². The fourth-order valence-electron chi connectivity index (χ4n) is 2.04. The maximum absolute atomic E-state index is 4.55. The van der Waals surface area contributed by atoms with Crippen molar-refractivity contribution in [1.29, 1.82) is 0 Å². The predicted molar refractivity (Wildman–Crippen MR) is 75.8 cm³/mol. The molecule has 1 unspecified atom stereocenters. The molecule has 0 bridgehead atoms. The van der Waals surface area contributed by atoms with Crippen LogP contribution in [0.5, 0.6) is 0 Å². The Balaban J connectivity index is 2.19. The van der Waals surface area contributed by atoms with Crippen LogP contribution in [-0.2, 0) is 0 Å². The normalized spacial score (nSPS) is 12.7. The van der Waals surface area contributed by atoms with E-state index in [-0.39, 0.29) is 6.04 Å². The molecule has 0 radical (unpaired) electrons. The molecular formula is C15H21N3. The SMILES string of the molecule is Cc1cn(C(C)C)c(NC(C)c2ccccc2)n1. The van der Waals surface area contributed by atoms with Gasteiger partial charge in [0, 0.05) is 12.2 Å². The van der Waals surface area contributed by atoms with E-state index in [2.05, 4.69) is 66.1 Å². The van der Waals surface area contributed by atoms with Crippen LogP contribution in [0.15, 0.2) is 36.5 Å². The molecule has 1 aromatic heterocycles. The van der Waals surface area contributed by atoms with E-state index in [1.165, 1.54) is 5.56 Å². The van der Waals surface area contributed by atoms with E-state index in [4.69, 9.17) is 0 Å². The fourth-order valence-corrected chi connectivity index (χ4v) is 2.04. The third-order valence-corrected chi connectivity index (χ3v) is 3.05. The second-order valence-electron chi connectivity index (χ2n) is 4.98. The molecule has 0 spiro atoms. The average Bonchev–Trinajstić information content (AvgIpc) is 2.71. The molecular weight excluding hydrogens is 222 g/mol. The summed E-state index contributed by atoms with van der Waals surface area (Å²) in [7, 11) is 0. The van der Waals surface area contributed by atoms with Gasteiger partial charge in [-0.3, -0.25) is 0 Å². The van der Waals surface area contributed by atoms with Crippen molar-refractivity contribution in [1.82, 2.24) is 9.55 Å². The van der Waals surface area contributed by atoms with Crippen LogP contribution >= 0.6 is 0 Å². The predicted octanol–water partition coefficient (Wildman–Crippen LogP) is 3.95. The molecule has 0 fully saturated rings. The summed E-state index contributed by atoms with van der Waals surface area (Å²) in [5, 5.41) is 3.48. The van der Waals surface area contributed by atoms with Crippen molar-refractivity contribution in [2.45, 2.75) is 39.8 Å². The van der Waals surface area contributed by atoms with Crippen LogP contribution in [0.3, 0.4) is 0 Å². The number of nitrogens with one attached hydrogen (secondary N) is 1. The van der Waals surface area contributed by atoms with E-state index in [1.807, 2.05) is 13.0 Å². The first-order valence-electron chi connectivity index (χ1n) is 6.45. The van der Waals surface area contributed by atoms with E-state index >= 15 is 0 Å². The van der Waals surface area contributed by atoms with Crippen molar-refractivity contribution in [3.8, 4) is 0 Å². The average molecular weight is 243 g/mol. The zero-order valence-corrected chi connectivity index (χ0v) is 11.5. The molecule has 2 aromatic rings. The lowest BCUT2D eigenvalue weighted by Gasteiger charge is -2.18. The van der Waals surface area contributed by atoms with Gasteiger partial charge in [-0.1, -0.05) is 30.3 Å². The number of anilines is 1. The molecule has 0 aliphatic carbocycles. The van der Waals surface area contributed by atoms with Gasteiger partial charge in [0.25, 0.3) is 0 Å². The highest BCUT2D eigenvalue weighted by Gasteiger charge is 2.11. The fraction of sp³-hybridized carbons (Fsp3) is 0.400. The second-order valence-corrected chi connectivity index (χ2v) is 4.98. The lowest BCUT2D eigenvalue weighted by atomic mass is 10.1. The molecule has 1 aromatic carbocycles. The van der Waals surface area contributed by atoms with E-state index in [9.17, 15) is 0 Å². The lowest BCUT2D eigenvalue weighted by Crippen LogP contribution is -2.12. The highest BCUT2D eigenvalue weighted by Crippen LogP contribution is 2.21. The number of aromatic nitrogens is 2. The van der Waals surface area contributed by atoms with Gasteiger partial charge >= 0.3 is 0 Å². The largest absolute Gasteiger partial charge is 0.349 e. The van der Waals surface area contributed by atoms with E-state index in [0.29, 0.717) is 6.04 Å². The van der Waals surface area contributed by atoms with Crippen LogP contribution in [0.1, 0.15) is 44.1 Å². The third kappa shape index (κ3) is 2.73. The molecule has 18 heavy (non-hydrogen) atoms. The highest BCUT2D eigenvalue weighted by atomic mass is 15.2. The van der Waals surface area contributed by atoms with Gasteiger partial charge in [0.05, 0.1) is 11.7 Å².